The van der Waals surface area contributed by atoms with Gasteiger partial charge >= 0.3 is 0 Å². The topological polar surface area (TPSA) is 96.2 Å². The number of nitriles is 1. The first-order chi connectivity index (χ1) is 15.2. The zero-order valence-electron chi connectivity index (χ0n) is 18.6. The van der Waals surface area contributed by atoms with Crippen molar-refractivity contribution in [1.29, 1.82) is 5.26 Å². The van der Waals surface area contributed by atoms with Gasteiger partial charge in [0, 0.05) is 13.1 Å². The van der Waals surface area contributed by atoms with Gasteiger partial charge in [-0.2, -0.15) is 5.26 Å². The third-order valence-electron chi connectivity index (χ3n) is 5.78. The molecule has 0 bridgehead atoms. The number of aryl methyl sites for hydroxylation is 2. The predicted molar refractivity (Wildman–Crippen MR) is 123 cm³/mol. The molecule has 3 aromatic rings. The van der Waals surface area contributed by atoms with E-state index in [1.807, 2.05) is 56.9 Å². The number of para-hydroxylation sites is 2. The molecule has 0 aliphatic carbocycles. The van der Waals surface area contributed by atoms with Gasteiger partial charge in [0.15, 0.2) is 11.1 Å². The Morgan fingerprint density at radius 3 is 2.25 bits per heavy atom. The quantitative estimate of drug-likeness (QED) is 0.595. The van der Waals surface area contributed by atoms with Gasteiger partial charge in [0.2, 0.25) is 9.84 Å². The molecule has 0 unspecified atom stereocenters. The highest BCUT2D eigenvalue weighted by atomic mass is 32.2. The molecule has 7 nitrogen and oxygen atoms in total. The molecular weight excluding hydrogens is 424 g/mol. The van der Waals surface area contributed by atoms with Gasteiger partial charge < -0.3 is 9.64 Å². The predicted octanol–water partition coefficient (Wildman–Crippen LogP) is 3.90. The number of nitrogens with zero attached hydrogens (tertiary/aromatic N) is 4. The van der Waals surface area contributed by atoms with E-state index >= 15 is 0 Å². The molecular formula is C24H26N4O3S. The van der Waals surface area contributed by atoms with E-state index in [1.165, 1.54) is 0 Å². The molecule has 4 rings (SSSR count). The third-order valence-corrected chi connectivity index (χ3v) is 7.64. The largest absolute Gasteiger partial charge is 0.372 e. The number of benzene rings is 2. The molecule has 0 radical (unpaired) electrons. The fourth-order valence-corrected chi connectivity index (χ4v) is 5.53. The summed E-state index contributed by atoms with van der Waals surface area (Å²) in [6, 6.07) is 14.2. The number of fused-ring (bicyclic) bond motifs is 1. The maximum Gasteiger partial charge on any atom is 0.200 e. The normalized spacial score (nSPS) is 20.2. The molecule has 1 saturated heterocycles. The lowest BCUT2D eigenvalue weighted by molar-refractivity contribution is -0.00550. The lowest BCUT2D eigenvalue weighted by atomic mass is 10.1. The minimum absolute atomic E-state index is 0.0586. The molecule has 8 heteroatoms. The first kappa shape index (κ1) is 22.2. The van der Waals surface area contributed by atoms with Gasteiger partial charge in [0.05, 0.1) is 34.2 Å². The van der Waals surface area contributed by atoms with Crippen LogP contribution in [0.2, 0.25) is 0 Å². The minimum atomic E-state index is -4.02. The van der Waals surface area contributed by atoms with Crippen LogP contribution in [-0.2, 0) is 14.6 Å². The van der Waals surface area contributed by atoms with Crippen LogP contribution in [0.4, 0.5) is 5.82 Å². The Bertz CT molecular complexity index is 1310. The van der Waals surface area contributed by atoms with Crippen molar-refractivity contribution in [3.8, 4) is 6.07 Å². The number of aromatic nitrogens is 2. The van der Waals surface area contributed by atoms with Crippen LogP contribution in [-0.4, -0.2) is 43.7 Å². The average Bonchev–Trinajstić information content (AvgIpc) is 2.74. The van der Waals surface area contributed by atoms with Crippen molar-refractivity contribution >= 4 is 26.7 Å². The van der Waals surface area contributed by atoms with Crippen molar-refractivity contribution < 1.29 is 13.2 Å². The zero-order chi connectivity index (χ0) is 23.0. The standard InChI is InChI=1S/C24H26N4O3S/c1-15-9-10-19(11-16(15)2)32(29,30)22(12-25)23-24(28-13-17(3)31-18(4)14-28)27-21-8-6-5-7-20(21)26-23/h5-11,17-18,22H,13-14H2,1-4H3/t17-,18-,22-/m1/s1. The molecule has 1 aliphatic heterocycles. The number of hydrogen-bond donors (Lipinski definition) is 0. The Balaban J connectivity index is 1.90. The van der Waals surface area contributed by atoms with Crippen LogP contribution in [0.3, 0.4) is 0 Å². The molecule has 32 heavy (non-hydrogen) atoms. The summed E-state index contributed by atoms with van der Waals surface area (Å²) in [5, 5.41) is 8.58. The van der Waals surface area contributed by atoms with E-state index < -0.39 is 15.1 Å². The summed E-state index contributed by atoms with van der Waals surface area (Å²) in [4.78, 5) is 11.5. The molecule has 166 valence electrons. The van der Waals surface area contributed by atoms with E-state index in [0.717, 1.165) is 11.1 Å². The van der Waals surface area contributed by atoms with Crippen LogP contribution in [0.5, 0.6) is 0 Å². The van der Waals surface area contributed by atoms with Gasteiger partial charge in [-0.25, -0.2) is 18.4 Å². The second-order valence-corrected chi connectivity index (χ2v) is 10.4. The Morgan fingerprint density at radius 2 is 1.66 bits per heavy atom. The monoisotopic (exact) mass is 450 g/mol. The second kappa shape index (κ2) is 8.49. The van der Waals surface area contributed by atoms with Gasteiger partial charge in [-0.15, -0.1) is 0 Å². The molecule has 1 aliphatic rings. The molecule has 0 spiro atoms. The smallest absolute Gasteiger partial charge is 0.200 e. The Kier molecular flexibility index (Phi) is 5.89. The molecule has 2 heterocycles. The van der Waals surface area contributed by atoms with Gasteiger partial charge in [0.1, 0.15) is 5.69 Å². The van der Waals surface area contributed by atoms with Crippen molar-refractivity contribution in [3.63, 3.8) is 0 Å². The molecule has 3 atom stereocenters. The summed E-state index contributed by atoms with van der Waals surface area (Å²) >= 11 is 0. The highest BCUT2D eigenvalue weighted by Crippen LogP contribution is 2.35. The summed E-state index contributed by atoms with van der Waals surface area (Å²) in [5.41, 5.74) is 3.20. The van der Waals surface area contributed by atoms with Crippen molar-refractivity contribution in [1.82, 2.24) is 9.97 Å². The highest BCUT2D eigenvalue weighted by Gasteiger charge is 2.36. The Hall–Kier alpha value is -3.02. The van der Waals surface area contributed by atoms with Crippen LogP contribution < -0.4 is 4.90 Å². The van der Waals surface area contributed by atoms with E-state index in [9.17, 15) is 13.7 Å². The van der Waals surface area contributed by atoms with Gasteiger partial charge in [-0.3, -0.25) is 0 Å². The number of anilines is 1. The van der Waals surface area contributed by atoms with E-state index in [1.54, 1.807) is 24.3 Å². The number of morpholine rings is 1. The Labute approximate surface area is 188 Å². The van der Waals surface area contributed by atoms with E-state index in [2.05, 4.69) is 4.98 Å². The summed E-state index contributed by atoms with van der Waals surface area (Å²) in [6.45, 7) is 8.77. The van der Waals surface area contributed by atoms with E-state index in [0.29, 0.717) is 29.9 Å². The molecule has 1 fully saturated rings. The van der Waals surface area contributed by atoms with Gasteiger partial charge in [-0.1, -0.05) is 18.2 Å². The minimum Gasteiger partial charge on any atom is -0.372 e. The van der Waals surface area contributed by atoms with Crippen LogP contribution in [0.1, 0.15) is 35.9 Å². The van der Waals surface area contributed by atoms with Crippen molar-refractivity contribution in [2.24, 2.45) is 0 Å². The van der Waals surface area contributed by atoms with Gasteiger partial charge in [-0.05, 0) is 63.1 Å². The van der Waals surface area contributed by atoms with Crippen LogP contribution in [0.15, 0.2) is 47.4 Å². The van der Waals surface area contributed by atoms with Crippen LogP contribution >= 0.6 is 0 Å². The lowest BCUT2D eigenvalue weighted by Gasteiger charge is -2.37. The summed E-state index contributed by atoms with van der Waals surface area (Å²) in [7, 11) is -4.02. The summed E-state index contributed by atoms with van der Waals surface area (Å²) in [5.74, 6) is 0.421. The number of sulfone groups is 1. The second-order valence-electron chi connectivity index (χ2n) is 8.38. The molecule has 0 saturated carbocycles. The van der Waals surface area contributed by atoms with Crippen LogP contribution in [0, 0.1) is 25.2 Å². The lowest BCUT2D eigenvalue weighted by Crippen LogP contribution is -2.46. The van der Waals surface area contributed by atoms with Crippen molar-refractivity contribution in [3.05, 3.63) is 59.3 Å². The van der Waals surface area contributed by atoms with Crippen molar-refractivity contribution in [2.45, 2.75) is 50.0 Å². The molecule has 0 N–H and O–H groups in total. The number of rotatable bonds is 4. The maximum atomic E-state index is 13.6. The molecule has 1 aromatic heterocycles. The number of hydrogen-bond acceptors (Lipinski definition) is 7. The molecule has 0 amide bonds. The summed E-state index contributed by atoms with van der Waals surface area (Å²) < 4.78 is 33.0. The first-order valence-electron chi connectivity index (χ1n) is 10.6. The Morgan fingerprint density at radius 1 is 1.03 bits per heavy atom. The van der Waals surface area contributed by atoms with Crippen LogP contribution in [0.25, 0.3) is 11.0 Å². The average molecular weight is 451 g/mol. The fraction of sp³-hybridized carbons (Fsp3) is 0.375. The highest BCUT2D eigenvalue weighted by molar-refractivity contribution is 7.92. The van der Waals surface area contributed by atoms with E-state index in [-0.39, 0.29) is 22.8 Å². The SMILES string of the molecule is Cc1ccc(S(=O)(=O)[C@H](C#N)c2nc3ccccc3nc2N2C[C@@H](C)O[C@H](C)C2)cc1C. The maximum absolute atomic E-state index is 13.6. The van der Waals surface area contributed by atoms with E-state index in [4.69, 9.17) is 9.72 Å². The number of ether oxygens (including phenoxy) is 1. The zero-order valence-corrected chi connectivity index (χ0v) is 19.4. The third kappa shape index (κ3) is 4.06. The fourth-order valence-electron chi connectivity index (χ4n) is 4.07. The van der Waals surface area contributed by atoms with Crippen molar-refractivity contribution in [2.75, 3.05) is 18.0 Å². The first-order valence-corrected chi connectivity index (χ1v) is 12.1. The summed E-state index contributed by atoms with van der Waals surface area (Å²) in [6.07, 6.45) is -0.117. The van der Waals surface area contributed by atoms with Gasteiger partial charge in [0.25, 0.3) is 0 Å². The molecule has 2 aromatic carbocycles.